The zero-order chi connectivity index (χ0) is 11.5. The second-order valence-electron chi connectivity index (χ2n) is 3.47. The maximum atomic E-state index is 12.5. The number of hydrogen-bond donors (Lipinski definition) is 0. The van der Waals surface area contributed by atoms with Crippen molar-refractivity contribution in [1.29, 1.82) is 0 Å². The van der Waals surface area contributed by atoms with Crippen molar-refractivity contribution in [1.82, 2.24) is 0 Å². The van der Waals surface area contributed by atoms with Crippen molar-refractivity contribution in [3.8, 4) is 0 Å². The van der Waals surface area contributed by atoms with Gasteiger partial charge in [-0.2, -0.15) is 8.42 Å². The van der Waals surface area contributed by atoms with Crippen LogP contribution >= 0.6 is 0 Å². The zero-order valence-electron chi connectivity index (χ0n) is 8.60. The van der Waals surface area contributed by atoms with E-state index in [0.717, 1.165) is 0 Å². The zero-order valence-corrected chi connectivity index (χ0v) is 9.42. The molecule has 0 spiro atoms. The maximum absolute atomic E-state index is 12.5. The van der Waals surface area contributed by atoms with Crippen LogP contribution in [0.4, 0.5) is 4.39 Å². The largest absolute Gasteiger partial charge is 0.271 e. The molecule has 0 atom stereocenters. The molecule has 3 nitrogen and oxygen atoms in total. The van der Waals surface area contributed by atoms with Gasteiger partial charge in [-0.3, -0.25) is 4.18 Å². The maximum Gasteiger partial charge on any atom is 0.271 e. The number of benzene rings is 1. The normalized spacial score (nSPS) is 12.0. The monoisotopic (exact) mass is 232 g/mol. The van der Waals surface area contributed by atoms with Crippen LogP contribution in [0.5, 0.6) is 0 Å². The first-order chi connectivity index (χ1) is 6.89. The first kappa shape index (κ1) is 12.1. The highest BCUT2D eigenvalue weighted by Gasteiger charge is 2.14. The molecule has 0 unspecified atom stereocenters. The van der Waals surface area contributed by atoms with E-state index in [9.17, 15) is 12.8 Å². The minimum atomic E-state index is -3.57. The predicted octanol–water partition coefficient (Wildman–Crippen LogP) is 2.08. The Labute approximate surface area is 89.0 Å². The minimum Gasteiger partial charge on any atom is -0.267 e. The van der Waals surface area contributed by atoms with Gasteiger partial charge in [0, 0.05) is 0 Å². The SMILES string of the molecule is CC(C)OS(=O)(=O)Cc1ccc(F)cc1. The van der Waals surface area contributed by atoms with Crippen molar-refractivity contribution in [3.63, 3.8) is 0 Å². The van der Waals surface area contributed by atoms with Gasteiger partial charge in [0.25, 0.3) is 10.1 Å². The van der Waals surface area contributed by atoms with Crippen LogP contribution < -0.4 is 0 Å². The van der Waals surface area contributed by atoms with E-state index >= 15 is 0 Å². The molecule has 5 heteroatoms. The Balaban J connectivity index is 2.73. The average Bonchev–Trinajstić information content (AvgIpc) is 2.06. The lowest BCUT2D eigenvalue weighted by Crippen LogP contribution is -2.14. The van der Waals surface area contributed by atoms with Gasteiger partial charge in [-0.15, -0.1) is 0 Å². The summed E-state index contributed by atoms with van der Waals surface area (Å²) >= 11 is 0. The lowest BCUT2D eigenvalue weighted by Gasteiger charge is -2.07. The molecule has 0 saturated carbocycles. The highest BCUT2D eigenvalue weighted by Crippen LogP contribution is 2.10. The van der Waals surface area contributed by atoms with Crippen LogP contribution in [0.1, 0.15) is 19.4 Å². The van der Waals surface area contributed by atoms with E-state index < -0.39 is 10.1 Å². The Morgan fingerprint density at radius 1 is 1.27 bits per heavy atom. The smallest absolute Gasteiger partial charge is 0.267 e. The van der Waals surface area contributed by atoms with E-state index in [1.165, 1.54) is 24.3 Å². The fourth-order valence-corrected chi connectivity index (χ4v) is 2.37. The summed E-state index contributed by atoms with van der Waals surface area (Å²) in [5, 5.41) is 0. The quantitative estimate of drug-likeness (QED) is 0.746. The third-order valence-corrected chi connectivity index (χ3v) is 2.96. The molecule has 0 saturated heterocycles. The molecule has 84 valence electrons. The summed E-state index contributed by atoms with van der Waals surface area (Å²) in [6, 6.07) is 5.30. The third-order valence-electron chi connectivity index (χ3n) is 1.60. The van der Waals surface area contributed by atoms with E-state index in [-0.39, 0.29) is 17.7 Å². The summed E-state index contributed by atoms with van der Waals surface area (Å²) in [5.41, 5.74) is 0.511. The topological polar surface area (TPSA) is 43.4 Å². The van der Waals surface area contributed by atoms with Crippen LogP contribution in [0.25, 0.3) is 0 Å². The highest BCUT2D eigenvalue weighted by atomic mass is 32.2. The molecule has 0 radical (unpaired) electrons. The Kier molecular flexibility index (Phi) is 3.82. The number of halogens is 1. The van der Waals surface area contributed by atoms with Gasteiger partial charge in [0.15, 0.2) is 0 Å². The first-order valence-electron chi connectivity index (χ1n) is 4.54. The Hall–Kier alpha value is -0.940. The molecule has 0 N–H and O–H groups in total. The van der Waals surface area contributed by atoms with E-state index in [1.54, 1.807) is 13.8 Å². The second kappa shape index (κ2) is 4.72. The highest BCUT2D eigenvalue weighted by molar-refractivity contribution is 7.85. The third kappa shape index (κ3) is 4.40. The fourth-order valence-electron chi connectivity index (χ4n) is 1.11. The van der Waals surface area contributed by atoms with Crippen molar-refractivity contribution in [2.75, 3.05) is 0 Å². The molecule has 0 heterocycles. The second-order valence-corrected chi connectivity index (χ2v) is 5.07. The van der Waals surface area contributed by atoms with Gasteiger partial charge in [-0.1, -0.05) is 12.1 Å². The summed E-state index contributed by atoms with van der Waals surface area (Å²) in [5.74, 6) is -0.619. The standard InChI is InChI=1S/C10H13FO3S/c1-8(2)14-15(12,13)7-9-3-5-10(11)6-4-9/h3-6,8H,7H2,1-2H3. The molecule has 1 aromatic carbocycles. The average molecular weight is 232 g/mol. The van der Waals surface area contributed by atoms with E-state index in [4.69, 9.17) is 4.18 Å². The van der Waals surface area contributed by atoms with Crippen molar-refractivity contribution in [2.24, 2.45) is 0 Å². The predicted molar refractivity (Wildman–Crippen MR) is 55.2 cm³/mol. The molecular weight excluding hydrogens is 219 g/mol. The van der Waals surface area contributed by atoms with Crippen molar-refractivity contribution in [2.45, 2.75) is 25.7 Å². The molecule has 1 rings (SSSR count). The Morgan fingerprint density at radius 3 is 2.27 bits per heavy atom. The van der Waals surface area contributed by atoms with Gasteiger partial charge < -0.3 is 0 Å². The van der Waals surface area contributed by atoms with Crippen LogP contribution in [0.2, 0.25) is 0 Å². The van der Waals surface area contributed by atoms with Crippen molar-refractivity contribution in [3.05, 3.63) is 35.6 Å². The van der Waals surface area contributed by atoms with Gasteiger partial charge in [0.1, 0.15) is 11.6 Å². The number of hydrogen-bond acceptors (Lipinski definition) is 3. The summed E-state index contributed by atoms with van der Waals surface area (Å²) in [6.45, 7) is 3.28. The number of rotatable bonds is 4. The first-order valence-corrected chi connectivity index (χ1v) is 6.12. The summed E-state index contributed by atoms with van der Waals surface area (Å²) in [6.07, 6.45) is -0.379. The molecule has 0 amide bonds. The van der Waals surface area contributed by atoms with Crippen molar-refractivity contribution >= 4 is 10.1 Å². The molecule has 0 aliphatic rings. The van der Waals surface area contributed by atoms with E-state index in [1.807, 2.05) is 0 Å². The fraction of sp³-hybridized carbons (Fsp3) is 0.400. The van der Waals surface area contributed by atoms with Gasteiger partial charge in [0.2, 0.25) is 0 Å². The van der Waals surface area contributed by atoms with Gasteiger partial charge in [0.05, 0.1) is 6.10 Å². The molecule has 15 heavy (non-hydrogen) atoms. The summed E-state index contributed by atoms with van der Waals surface area (Å²) in [4.78, 5) is 0. The molecule has 0 aliphatic carbocycles. The molecule has 0 aliphatic heterocycles. The minimum absolute atomic E-state index is 0.231. The molecular formula is C10H13FO3S. The van der Waals surface area contributed by atoms with Gasteiger partial charge in [-0.25, -0.2) is 4.39 Å². The Bertz CT molecular complexity index is 409. The summed E-state index contributed by atoms with van der Waals surface area (Å²) < 4.78 is 40.1. The van der Waals surface area contributed by atoms with Crippen LogP contribution in [0, 0.1) is 5.82 Å². The van der Waals surface area contributed by atoms with E-state index in [0.29, 0.717) is 5.56 Å². The molecule has 1 aromatic rings. The summed E-state index contributed by atoms with van der Waals surface area (Å²) in [7, 11) is -3.57. The van der Waals surface area contributed by atoms with Crippen LogP contribution in [0.3, 0.4) is 0 Å². The molecule has 0 fully saturated rings. The lowest BCUT2D eigenvalue weighted by molar-refractivity contribution is 0.248. The molecule has 0 bridgehead atoms. The van der Waals surface area contributed by atoms with Crippen molar-refractivity contribution < 1.29 is 17.0 Å². The van der Waals surface area contributed by atoms with Gasteiger partial charge in [-0.05, 0) is 31.5 Å². The van der Waals surface area contributed by atoms with Gasteiger partial charge >= 0.3 is 0 Å². The lowest BCUT2D eigenvalue weighted by atomic mass is 10.2. The van der Waals surface area contributed by atoms with Crippen LogP contribution in [-0.2, 0) is 20.1 Å². The van der Waals surface area contributed by atoms with E-state index in [2.05, 4.69) is 0 Å². The molecule has 0 aromatic heterocycles. The van der Waals surface area contributed by atoms with Crippen LogP contribution in [-0.4, -0.2) is 14.5 Å². The van der Waals surface area contributed by atoms with Crippen LogP contribution in [0.15, 0.2) is 24.3 Å². The Morgan fingerprint density at radius 2 is 1.80 bits per heavy atom.